The first-order valence-electron chi connectivity index (χ1n) is 5.33. The van der Waals surface area contributed by atoms with Gasteiger partial charge in [-0.15, -0.1) is 0 Å². The largest absolute Gasteiger partial charge is 0.478 e. The number of carboxylic acid groups (broad SMARTS) is 2. The summed E-state index contributed by atoms with van der Waals surface area (Å²) in [5.41, 5.74) is 0.331. The summed E-state index contributed by atoms with van der Waals surface area (Å²) in [6.07, 6.45) is 1.02. The van der Waals surface area contributed by atoms with Crippen LogP contribution in [-0.2, 0) is 0 Å². The van der Waals surface area contributed by atoms with Gasteiger partial charge in [0.1, 0.15) is 0 Å². The summed E-state index contributed by atoms with van der Waals surface area (Å²) in [5.74, 6) is -0.879. The molecule has 0 unspecified atom stereocenters. The second-order valence-corrected chi connectivity index (χ2v) is 3.26. The van der Waals surface area contributed by atoms with E-state index in [9.17, 15) is 9.59 Å². The molecule has 1 amide bonds. The molecule has 17 heavy (non-hydrogen) atoms. The molecule has 0 aliphatic carbocycles. The van der Waals surface area contributed by atoms with E-state index in [0.29, 0.717) is 12.1 Å². The highest BCUT2D eigenvalue weighted by Crippen LogP contribution is 1.96. The predicted molar refractivity (Wildman–Crippen MR) is 64.3 cm³/mol. The molecule has 0 radical (unpaired) electrons. The van der Waals surface area contributed by atoms with E-state index in [1.54, 1.807) is 30.3 Å². The van der Waals surface area contributed by atoms with E-state index in [0.717, 1.165) is 12.8 Å². The molecule has 0 aliphatic rings. The van der Waals surface area contributed by atoms with Gasteiger partial charge in [0.05, 0.1) is 5.56 Å². The molecule has 3 N–H and O–H groups in total. The van der Waals surface area contributed by atoms with Gasteiger partial charge in [0, 0.05) is 6.54 Å². The van der Waals surface area contributed by atoms with Gasteiger partial charge in [0.25, 0.3) is 0 Å². The van der Waals surface area contributed by atoms with Crippen molar-refractivity contribution in [2.24, 2.45) is 0 Å². The minimum Gasteiger partial charge on any atom is -0.478 e. The maximum atomic E-state index is 10.2. The van der Waals surface area contributed by atoms with Crippen LogP contribution >= 0.6 is 0 Å². The lowest BCUT2D eigenvalue weighted by molar-refractivity contribution is 0.0697. The van der Waals surface area contributed by atoms with Crippen molar-refractivity contribution >= 4 is 12.1 Å². The minimum atomic E-state index is -0.932. The van der Waals surface area contributed by atoms with E-state index >= 15 is 0 Å². The van der Waals surface area contributed by atoms with Gasteiger partial charge in [-0.1, -0.05) is 31.5 Å². The molecule has 1 rings (SSSR count). The van der Waals surface area contributed by atoms with Crippen LogP contribution in [0.25, 0.3) is 0 Å². The lowest BCUT2D eigenvalue weighted by Gasteiger charge is -1.94. The van der Waals surface area contributed by atoms with Crippen molar-refractivity contribution < 1.29 is 19.8 Å². The van der Waals surface area contributed by atoms with Crippen molar-refractivity contribution in [1.82, 2.24) is 5.32 Å². The van der Waals surface area contributed by atoms with Crippen molar-refractivity contribution in [1.29, 1.82) is 0 Å². The van der Waals surface area contributed by atoms with E-state index in [4.69, 9.17) is 10.2 Å². The highest BCUT2D eigenvalue weighted by atomic mass is 16.4. The Bertz CT molecular complexity index is 338. The zero-order valence-corrected chi connectivity index (χ0v) is 9.72. The van der Waals surface area contributed by atoms with Crippen LogP contribution in [0.1, 0.15) is 30.1 Å². The fraction of sp³-hybridized carbons (Fsp3) is 0.333. The van der Waals surface area contributed by atoms with Crippen LogP contribution < -0.4 is 5.32 Å². The molecule has 0 aliphatic heterocycles. The molecule has 0 heterocycles. The lowest BCUT2D eigenvalue weighted by Crippen LogP contribution is -2.21. The van der Waals surface area contributed by atoms with Gasteiger partial charge in [0.2, 0.25) is 0 Å². The summed E-state index contributed by atoms with van der Waals surface area (Å²) in [5, 5.41) is 18.7. The van der Waals surface area contributed by atoms with E-state index in [1.807, 2.05) is 6.92 Å². The summed E-state index contributed by atoms with van der Waals surface area (Å²) in [7, 11) is 0. The second-order valence-electron chi connectivity index (χ2n) is 3.26. The zero-order chi connectivity index (χ0) is 13.1. The van der Waals surface area contributed by atoms with Gasteiger partial charge in [-0.2, -0.15) is 0 Å². The fourth-order valence-corrected chi connectivity index (χ4v) is 0.953. The third kappa shape index (κ3) is 8.92. The third-order valence-electron chi connectivity index (χ3n) is 1.83. The number of carboxylic acids is 1. The highest BCUT2D eigenvalue weighted by Gasteiger charge is 1.96. The normalized spacial score (nSPS) is 8.76. The Balaban J connectivity index is 0.000000304. The van der Waals surface area contributed by atoms with Crippen molar-refractivity contribution in [3.63, 3.8) is 0 Å². The average molecular weight is 239 g/mol. The summed E-state index contributed by atoms with van der Waals surface area (Å²) in [6.45, 7) is 2.59. The molecule has 0 saturated carbocycles. The summed E-state index contributed by atoms with van der Waals surface area (Å²) in [4.78, 5) is 20.0. The van der Waals surface area contributed by atoms with Gasteiger partial charge in [-0.25, -0.2) is 9.59 Å². The number of amides is 1. The van der Waals surface area contributed by atoms with Gasteiger partial charge < -0.3 is 15.5 Å². The molecule has 94 valence electrons. The van der Waals surface area contributed by atoms with Crippen molar-refractivity contribution in [3.05, 3.63) is 35.9 Å². The summed E-state index contributed by atoms with van der Waals surface area (Å²) in [6, 6.07) is 8.30. The van der Waals surface area contributed by atoms with Gasteiger partial charge in [0.15, 0.2) is 0 Å². The molecule has 0 aromatic heterocycles. The molecule has 0 bridgehead atoms. The van der Waals surface area contributed by atoms with Crippen molar-refractivity contribution in [2.45, 2.75) is 19.8 Å². The summed E-state index contributed by atoms with van der Waals surface area (Å²) >= 11 is 0. The van der Waals surface area contributed by atoms with Gasteiger partial charge >= 0.3 is 12.1 Å². The van der Waals surface area contributed by atoms with E-state index in [-0.39, 0.29) is 0 Å². The Morgan fingerprint density at radius 1 is 1.18 bits per heavy atom. The molecule has 5 nitrogen and oxygen atoms in total. The topological polar surface area (TPSA) is 86.6 Å². The van der Waals surface area contributed by atoms with Crippen LogP contribution in [0.2, 0.25) is 0 Å². The van der Waals surface area contributed by atoms with Crippen LogP contribution in [-0.4, -0.2) is 28.8 Å². The number of hydrogen-bond donors (Lipinski definition) is 3. The predicted octanol–water partition coefficient (Wildman–Crippen LogP) is 2.44. The number of rotatable bonds is 4. The van der Waals surface area contributed by atoms with Crippen LogP contribution in [0.15, 0.2) is 30.3 Å². The number of nitrogens with one attached hydrogen (secondary N) is 1. The van der Waals surface area contributed by atoms with Gasteiger partial charge in [-0.3, -0.25) is 0 Å². The molecular formula is C12H17NO4. The standard InChI is InChI=1S/C7H6O2.C5H11NO2/c8-7(9)6-4-2-1-3-5-6;1-2-3-4-6-5(7)8/h1-5H,(H,8,9);6H,2-4H2,1H3,(H,7,8). The Labute approximate surface area is 100 Å². The average Bonchev–Trinajstić information content (AvgIpc) is 2.31. The Hall–Kier alpha value is -2.04. The number of aromatic carboxylic acids is 1. The molecule has 0 atom stereocenters. The van der Waals surface area contributed by atoms with Crippen LogP contribution in [0.3, 0.4) is 0 Å². The third-order valence-corrected chi connectivity index (χ3v) is 1.83. The Morgan fingerprint density at radius 3 is 2.12 bits per heavy atom. The maximum Gasteiger partial charge on any atom is 0.404 e. The molecule has 0 spiro atoms. The molecule has 0 saturated heterocycles. The van der Waals surface area contributed by atoms with Crippen LogP contribution in [0.4, 0.5) is 4.79 Å². The van der Waals surface area contributed by atoms with Crippen LogP contribution in [0.5, 0.6) is 0 Å². The monoisotopic (exact) mass is 239 g/mol. The molecule has 1 aromatic carbocycles. The first-order valence-corrected chi connectivity index (χ1v) is 5.33. The first kappa shape index (κ1) is 15.0. The SMILES string of the molecule is CCCCNC(=O)O.O=C(O)c1ccccc1. The number of hydrogen-bond acceptors (Lipinski definition) is 2. The second kappa shape index (κ2) is 9.21. The molecule has 0 fully saturated rings. The first-order chi connectivity index (χ1) is 8.07. The number of unbranched alkanes of at least 4 members (excludes halogenated alkanes) is 1. The van der Waals surface area contributed by atoms with Crippen molar-refractivity contribution in [2.75, 3.05) is 6.54 Å². The van der Waals surface area contributed by atoms with E-state index in [1.165, 1.54) is 0 Å². The highest BCUT2D eigenvalue weighted by molar-refractivity contribution is 5.87. The Morgan fingerprint density at radius 2 is 1.76 bits per heavy atom. The maximum absolute atomic E-state index is 10.2. The molecule has 1 aromatic rings. The molecular weight excluding hydrogens is 222 g/mol. The Kier molecular flexibility index (Phi) is 8.10. The number of carbonyl (C=O) groups is 2. The number of benzene rings is 1. The quantitative estimate of drug-likeness (QED) is 0.704. The van der Waals surface area contributed by atoms with E-state index < -0.39 is 12.1 Å². The zero-order valence-electron chi connectivity index (χ0n) is 9.72. The molecule has 5 heteroatoms. The summed E-state index contributed by atoms with van der Waals surface area (Å²) < 4.78 is 0. The van der Waals surface area contributed by atoms with Crippen LogP contribution in [0, 0.1) is 0 Å². The minimum absolute atomic E-state index is 0.331. The van der Waals surface area contributed by atoms with Gasteiger partial charge in [-0.05, 0) is 18.6 Å². The van der Waals surface area contributed by atoms with Crippen molar-refractivity contribution in [3.8, 4) is 0 Å². The fourth-order valence-electron chi connectivity index (χ4n) is 0.953. The van der Waals surface area contributed by atoms with E-state index in [2.05, 4.69) is 5.32 Å². The smallest absolute Gasteiger partial charge is 0.404 e. The lowest BCUT2D eigenvalue weighted by atomic mass is 10.2.